The van der Waals surface area contributed by atoms with Gasteiger partial charge in [0.05, 0.1) is 12.5 Å². The van der Waals surface area contributed by atoms with Gasteiger partial charge in [-0.25, -0.2) is 0 Å². The summed E-state index contributed by atoms with van der Waals surface area (Å²) in [6.45, 7) is 3.18. The maximum Gasteiger partial charge on any atom is 0.0670 e. The van der Waals surface area contributed by atoms with Gasteiger partial charge in [-0.05, 0) is 43.5 Å². The van der Waals surface area contributed by atoms with Gasteiger partial charge >= 0.3 is 0 Å². The van der Waals surface area contributed by atoms with Crippen LogP contribution in [-0.4, -0.2) is 12.6 Å². The van der Waals surface area contributed by atoms with Crippen molar-refractivity contribution in [3.8, 4) is 6.07 Å². The Morgan fingerprint density at radius 1 is 1.50 bits per heavy atom. The molecule has 3 nitrogen and oxygen atoms in total. The van der Waals surface area contributed by atoms with Gasteiger partial charge in [0.25, 0.3) is 0 Å². The molecule has 0 spiro atoms. The molecule has 0 aliphatic heterocycles. The van der Waals surface area contributed by atoms with Crippen LogP contribution >= 0.6 is 0 Å². The zero-order valence-electron chi connectivity index (χ0n) is 9.61. The number of nitrogens with zero attached hydrogens (tertiary/aromatic N) is 2. The van der Waals surface area contributed by atoms with Gasteiger partial charge in [-0.3, -0.25) is 0 Å². The van der Waals surface area contributed by atoms with Crippen LogP contribution in [0.4, 0.5) is 11.4 Å². The molecule has 1 fully saturated rings. The molecule has 0 radical (unpaired) electrons. The van der Waals surface area contributed by atoms with Crippen LogP contribution in [0.15, 0.2) is 18.2 Å². The first-order chi connectivity index (χ1) is 7.76. The summed E-state index contributed by atoms with van der Waals surface area (Å²) in [5.41, 5.74) is 8.70. The van der Waals surface area contributed by atoms with Crippen molar-refractivity contribution in [2.45, 2.75) is 32.2 Å². The molecule has 1 aliphatic carbocycles. The van der Waals surface area contributed by atoms with Crippen LogP contribution in [-0.2, 0) is 6.42 Å². The van der Waals surface area contributed by atoms with Crippen LogP contribution < -0.4 is 10.6 Å². The Morgan fingerprint density at radius 3 is 2.81 bits per heavy atom. The first kappa shape index (κ1) is 10.8. The largest absolute Gasteiger partial charge is 0.398 e. The van der Waals surface area contributed by atoms with Gasteiger partial charge in [0.2, 0.25) is 0 Å². The van der Waals surface area contributed by atoms with Crippen LogP contribution in [0.3, 0.4) is 0 Å². The van der Waals surface area contributed by atoms with Crippen molar-refractivity contribution in [2.24, 2.45) is 0 Å². The molecule has 2 N–H and O–H groups in total. The fraction of sp³-hybridized carbons (Fsp3) is 0.462. The highest BCUT2D eigenvalue weighted by molar-refractivity contribution is 5.60. The molecule has 1 saturated carbocycles. The molecule has 0 heterocycles. The van der Waals surface area contributed by atoms with Gasteiger partial charge in [-0.2, -0.15) is 5.26 Å². The van der Waals surface area contributed by atoms with Crippen molar-refractivity contribution in [1.29, 1.82) is 5.26 Å². The Kier molecular flexibility index (Phi) is 3.00. The van der Waals surface area contributed by atoms with Crippen LogP contribution in [0.25, 0.3) is 0 Å². The second-order valence-corrected chi connectivity index (χ2v) is 4.24. The zero-order valence-corrected chi connectivity index (χ0v) is 9.61. The summed E-state index contributed by atoms with van der Waals surface area (Å²) in [5.74, 6) is 0. The van der Waals surface area contributed by atoms with Crippen LogP contribution in [0.5, 0.6) is 0 Å². The molecule has 2 rings (SSSR count). The molecule has 16 heavy (non-hydrogen) atoms. The highest BCUT2D eigenvalue weighted by Gasteiger charge is 2.28. The van der Waals surface area contributed by atoms with E-state index in [2.05, 4.69) is 30.0 Å². The van der Waals surface area contributed by atoms with Gasteiger partial charge in [-0.1, -0.05) is 0 Å². The highest BCUT2D eigenvalue weighted by atomic mass is 15.2. The highest BCUT2D eigenvalue weighted by Crippen LogP contribution is 2.32. The van der Waals surface area contributed by atoms with E-state index in [0.717, 1.165) is 17.8 Å². The fourth-order valence-electron chi connectivity index (χ4n) is 2.05. The van der Waals surface area contributed by atoms with E-state index in [9.17, 15) is 0 Å². The average molecular weight is 215 g/mol. The molecule has 0 atom stereocenters. The normalized spacial score (nSPS) is 14.5. The predicted molar refractivity (Wildman–Crippen MR) is 66.2 cm³/mol. The Hall–Kier alpha value is -1.69. The maximum absolute atomic E-state index is 8.73. The summed E-state index contributed by atoms with van der Waals surface area (Å²) in [7, 11) is 0. The van der Waals surface area contributed by atoms with Gasteiger partial charge in [-0.15, -0.1) is 0 Å². The minimum Gasteiger partial charge on any atom is -0.398 e. The maximum atomic E-state index is 8.73. The van der Waals surface area contributed by atoms with E-state index in [-0.39, 0.29) is 0 Å². The Bertz CT molecular complexity index is 416. The van der Waals surface area contributed by atoms with E-state index < -0.39 is 0 Å². The zero-order chi connectivity index (χ0) is 11.5. The fourth-order valence-corrected chi connectivity index (χ4v) is 2.05. The minimum atomic E-state index is 0.391. The Balaban J connectivity index is 2.27. The van der Waals surface area contributed by atoms with Crippen molar-refractivity contribution in [3.05, 3.63) is 23.8 Å². The monoisotopic (exact) mass is 215 g/mol. The molecule has 0 saturated heterocycles. The SMILES string of the molecule is CCN(c1ccc(N)c(CC#N)c1)C1CC1. The van der Waals surface area contributed by atoms with E-state index in [4.69, 9.17) is 11.0 Å². The number of nitriles is 1. The molecule has 0 bridgehead atoms. The number of hydrogen-bond acceptors (Lipinski definition) is 3. The molecule has 3 heteroatoms. The third-order valence-electron chi connectivity index (χ3n) is 3.06. The van der Waals surface area contributed by atoms with Crippen molar-refractivity contribution in [1.82, 2.24) is 0 Å². The number of rotatable bonds is 4. The molecule has 0 unspecified atom stereocenters. The molecule has 1 aromatic carbocycles. The Morgan fingerprint density at radius 2 is 2.25 bits per heavy atom. The molecule has 1 aliphatic rings. The van der Waals surface area contributed by atoms with Crippen molar-refractivity contribution in [2.75, 3.05) is 17.2 Å². The molecule has 84 valence electrons. The molecule has 1 aromatic rings. The molecular weight excluding hydrogens is 198 g/mol. The third kappa shape index (κ3) is 2.11. The van der Waals surface area contributed by atoms with Crippen molar-refractivity contribution >= 4 is 11.4 Å². The van der Waals surface area contributed by atoms with Gasteiger partial charge in [0.1, 0.15) is 0 Å². The number of nitrogens with two attached hydrogens (primary N) is 1. The van der Waals surface area contributed by atoms with Crippen LogP contribution in [0, 0.1) is 11.3 Å². The number of nitrogen functional groups attached to an aromatic ring is 1. The van der Waals surface area contributed by atoms with E-state index >= 15 is 0 Å². The lowest BCUT2D eigenvalue weighted by molar-refractivity contribution is 0.825. The van der Waals surface area contributed by atoms with Crippen molar-refractivity contribution in [3.63, 3.8) is 0 Å². The summed E-state index contributed by atoms with van der Waals surface area (Å²) in [4.78, 5) is 2.39. The summed E-state index contributed by atoms with van der Waals surface area (Å²) in [5, 5.41) is 8.73. The lowest BCUT2D eigenvalue weighted by Gasteiger charge is -2.23. The standard InChI is InChI=1S/C13H17N3/c1-2-16(11-3-4-11)12-5-6-13(15)10(9-12)7-8-14/h5-6,9,11H,2-4,7,15H2,1H3. The number of hydrogen-bond donors (Lipinski definition) is 1. The van der Waals surface area contributed by atoms with Crippen LogP contribution in [0.2, 0.25) is 0 Å². The van der Waals surface area contributed by atoms with E-state index in [1.54, 1.807) is 0 Å². The lowest BCUT2D eigenvalue weighted by atomic mass is 10.1. The first-order valence-corrected chi connectivity index (χ1v) is 5.78. The quantitative estimate of drug-likeness (QED) is 0.784. The van der Waals surface area contributed by atoms with E-state index in [1.165, 1.54) is 18.5 Å². The van der Waals surface area contributed by atoms with E-state index in [1.807, 2.05) is 6.07 Å². The van der Waals surface area contributed by atoms with Gasteiger partial charge < -0.3 is 10.6 Å². The predicted octanol–water partition coefficient (Wildman–Crippen LogP) is 2.32. The van der Waals surface area contributed by atoms with Gasteiger partial charge in [0, 0.05) is 24.0 Å². The van der Waals surface area contributed by atoms with E-state index in [0.29, 0.717) is 12.5 Å². The van der Waals surface area contributed by atoms with Crippen LogP contribution in [0.1, 0.15) is 25.3 Å². The Labute approximate surface area is 96.5 Å². The van der Waals surface area contributed by atoms with Crippen molar-refractivity contribution < 1.29 is 0 Å². The smallest absolute Gasteiger partial charge is 0.0670 e. The first-order valence-electron chi connectivity index (χ1n) is 5.78. The molecule has 0 amide bonds. The van der Waals surface area contributed by atoms with Gasteiger partial charge in [0.15, 0.2) is 0 Å². The number of benzene rings is 1. The summed E-state index contributed by atoms with van der Waals surface area (Å²) in [6.07, 6.45) is 2.96. The number of anilines is 2. The topological polar surface area (TPSA) is 53.0 Å². The summed E-state index contributed by atoms with van der Waals surface area (Å²) < 4.78 is 0. The average Bonchev–Trinajstić information content (AvgIpc) is 3.08. The minimum absolute atomic E-state index is 0.391. The lowest BCUT2D eigenvalue weighted by Crippen LogP contribution is -2.25. The molecular formula is C13H17N3. The second kappa shape index (κ2) is 4.44. The third-order valence-corrected chi connectivity index (χ3v) is 3.06. The summed E-state index contributed by atoms with van der Waals surface area (Å²) in [6, 6.07) is 8.87. The molecule has 0 aromatic heterocycles. The summed E-state index contributed by atoms with van der Waals surface area (Å²) >= 11 is 0. The second-order valence-electron chi connectivity index (χ2n) is 4.24.